The van der Waals surface area contributed by atoms with Gasteiger partial charge in [0.1, 0.15) is 11.6 Å². The van der Waals surface area contributed by atoms with Crippen LogP contribution in [-0.4, -0.2) is 32.3 Å². The van der Waals surface area contributed by atoms with E-state index in [-0.39, 0.29) is 36.1 Å². The van der Waals surface area contributed by atoms with Crippen molar-refractivity contribution in [3.05, 3.63) is 35.4 Å². The lowest BCUT2D eigenvalue weighted by molar-refractivity contribution is 0.143. The van der Waals surface area contributed by atoms with Gasteiger partial charge in [-0.3, -0.25) is 0 Å². The summed E-state index contributed by atoms with van der Waals surface area (Å²) in [6.45, 7) is 6.96. The third kappa shape index (κ3) is 9.70. The Kier molecular flexibility index (Phi) is 12.9. The standard InChI is InChI=1S/C16H25F2N3O.HI/c1-3-19-16(20-9-5-6-10-22-4-2)21-12-13-11-14(17)7-8-15(13)18;/h7-8,11H,3-6,9-10,12H2,1-2H3,(H2,19,20,21);1H. The Morgan fingerprint density at radius 3 is 2.65 bits per heavy atom. The summed E-state index contributed by atoms with van der Waals surface area (Å²) in [5.74, 6) is -0.305. The number of ether oxygens (including phenoxy) is 1. The van der Waals surface area contributed by atoms with Crippen LogP contribution in [0.1, 0.15) is 32.3 Å². The molecule has 0 fully saturated rings. The summed E-state index contributed by atoms with van der Waals surface area (Å²) in [5.41, 5.74) is 0.244. The normalized spacial score (nSPS) is 11.0. The number of nitrogens with zero attached hydrogens (tertiary/aromatic N) is 1. The first-order chi connectivity index (χ1) is 10.7. The molecule has 2 N–H and O–H groups in total. The van der Waals surface area contributed by atoms with E-state index in [4.69, 9.17) is 4.74 Å². The zero-order chi connectivity index (χ0) is 16.2. The second-order valence-corrected chi connectivity index (χ2v) is 4.76. The summed E-state index contributed by atoms with van der Waals surface area (Å²) in [7, 11) is 0. The molecule has 0 saturated heterocycles. The third-order valence-electron chi connectivity index (χ3n) is 2.97. The molecule has 0 atom stereocenters. The van der Waals surface area contributed by atoms with Crippen molar-refractivity contribution in [3.63, 3.8) is 0 Å². The lowest BCUT2D eigenvalue weighted by atomic mass is 10.2. The highest BCUT2D eigenvalue weighted by atomic mass is 127. The fraction of sp³-hybridized carbons (Fsp3) is 0.562. The number of guanidine groups is 1. The van der Waals surface area contributed by atoms with Gasteiger partial charge in [-0.25, -0.2) is 13.8 Å². The van der Waals surface area contributed by atoms with Gasteiger partial charge in [0.05, 0.1) is 6.54 Å². The van der Waals surface area contributed by atoms with Gasteiger partial charge >= 0.3 is 0 Å². The Bertz CT molecular complexity index is 473. The number of nitrogens with one attached hydrogen (secondary N) is 2. The molecule has 4 nitrogen and oxygen atoms in total. The van der Waals surface area contributed by atoms with Crippen molar-refractivity contribution in [2.75, 3.05) is 26.3 Å². The van der Waals surface area contributed by atoms with Crippen LogP contribution in [0.3, 0.4) is 0 Å². The van der Waals surface area contributed by atoms with Gasteiger partial charge in [0, 0.05) is 31.9 Å². The predicted octanol–water partition coefficient (Wildman–Crippen LogP) is 3.45. The average molecular weight is 441 g/mol. The van der Waals surface area contributed by atoms with Crippen LogP contribution in [0.15, 0.2) is 23.2 Å². The lowest BCUT2D eigenvalue weighted by Gasteiger charge is -2.11. The molecule has 0 aliphatic carbocycles. The Morgan fingerprint density at radius 1 is 1.17 bits per heavy atom. The highest BCUT2D eigenvalue weighted by Gasteiger charge is 2.04. The molecule has 0 unspecified atom stereocenters. The van der Waals surface area contributed by atoms with E-state index >= 15 is 0 Å². The van der Waals surface area contributed by atoms with Crippen LogP contribution in [0.5, 0.6) is 0 Å². The smallest absolute Gasteiger partial charge is 0.191 e. The summed E-state index contributed by atoms with van der Waals surface area (Å²) in [4.78, 5) is 4.28. The number of unbranched alkanes of at least 4 members (excludes halogenated alkanes) is 1. The molecular weight excluding hydrogens is 415 g/mol. The summed E-state index contributed by atoms with van der Waals surface area (Å²) < 4.78 is 31.9. The molecule has 0 bridgehead atoms. The van der Waals surface area contributed by atoms with Crippen molar-refractivity contribution in [1.29, 1.82) is 0 Å². The van der Waals surface area contributed by atoms with Crippen LogP contribution in [0.2, 0.25) is 0 Å². The molecule has 1 rings (SSSR count). The van der Waals surface area contributed by atoms with Gasteiger partial charge in [-0.05, 0) is 44.9 Å². The van der Waals surface area contributed by atoms with Crippen LogP contribution in [0, 0.1) is 11.6 Å². The third-order valence-corrected chi connectivity index (χ3v) is 2.97. The van der Waals surface area contributed by atoms with Crippen LogP contribution < -0.4 is 10.6 Å². The van der Waals surface area contributed by atoms with Crippen LogP contribution >= 0.6 is 24.0 Å². The van der Waals surface area contributed by atoms with Crippen molar-refractivity contribution in [3.8, 4) is 0 Å². The van der Waals surface area contributed by atoms with E-state index in [1.165, 1.54) is 6.07 Å². The maximum absolute atomic E-state index is 13.5. The zero-order valence-corrected chi connectivity index (χ0v) is 16.0. The molecule has 0 amide bonds. The van der Waals surface area contributed by atoms with Crippen molar-refractivity contribution in [2.45, 2.75) is 33.2 Å². The predicted molar refractivity (Wildman–Crippen MR) is 100 cm³/mol. The maximum atomic E-state index is 13.5. The largest absolute Gasteiger partial charge is 0.382 e. The minimum Gasteiger partial charge on any atom is -0.382 e. The minimum absolute atomic E-state index is 0. The van der Waals surface area contributed by atoms with Crippen LogP contribution in [-0.2, 0) is 11.3 Å². The number of hydrogen-bond acceptors (Lipinski definition) is 2. The monoisotopic (exact) mass is 441 g/mol. The molecule has 1 aromatic carbocycles. The Balaban J connectivity index is 0.00000484. The van der Waals surface area contributed by atoms with E-state index in [2.05, 4.69) is 15.6 Å². The van der Waals surface area contributed by atoms with Gasteiger partial charge in [0.2, 0.25) is 0 Å². The lowest BCUT2D eigenvalue weighted by Crippen LogP contribution is -2.37. The van der Waals surface area contributed by atoms with Crippen LogP contribution in [0.4, 0.5) is 8.78 Å². The molecule has 0 aromatic heterocycles. The summed E-state index contributed by atoms with van der Waals surface area (Å²) in [5, 5.41) is 6.25. The number of benzene rings is 1. The Hall–Kier alpha value is -0.960. The molecule has 1 aromatic rings. The molecule has 0 saturated carbocycles. The van der Waals surface area contributed by atoms with E-state index in [1.54, 1.807) is 0 Å². The number of hydrogen-bond donors (Lipinski definition) is 2. The minimum atomic E-state index is -0.458. The Labute approximate surface area is 154 Å². The van der Waals surface area contributed by atoms with E-state index in [0.717, 1.165) is 44.7 Å². The van der Waals surface area contributed by atoms with Gasteiger partial charge < -0.3 is 15.4 Å². The van der Waals surface area contributed by atoms with E-state index in [1.807, 2.05) is 13.8 Å². The van der Waals surface area contributed by atoms with Gasteiger partial charge in [0.15, 0.2) is 5.96 Å². The van der Waals surface area contributed by atoms with E-state index in [0.29, 0.717) is 12.5 Å². The van der Waals surface area contributed by atoms with Gasteiger partial charge in [-0.2, -0.15) is 0 Å². The van der Waals surface area contributed by atoms with Crippen molar-refractivity contribution >= 4 is 29.9 Å². The fourth-order valence-corrected chi connectivity index (χ4v) is 1.85. The van der Waals surface area contributed by atoms with Crippen molar-refractivity contribution in [1.82, 2.24) is 10.6 Å². The molecule has 0 aliphatic rings. The molecule has 0 aliphatic heterocycles. The van der Waals surface area contributed by atoms with E-state index < -0.39 is 11.6 Å². The average Bonchev–Trinajstić information content (AvgIpc) is 2.51. The number of halogens is 3. The van der Waals surface area contributed by atoms with E-state index in [9.17, 15) is 8.78 Å². The number of aliphatic imine (C=N–C) groups is 1. The summed E-state index contributed by atoms with van der Waals surface area (Å²) in [6.07, 6.45) is 1.93. The van der Waals surface area contributed by atoms with Crippen molar-refractivity contribution in [2.24, 2.45) is 4.99 Å². The quantitative estimate of drug-likeness (QED) is 0.267. The highest BCUT2D eigenvalue weighted by Crippen LogP contribution is 2.10. The van der Waals surface area contributed by atoms with Crippen LogP contribution in [0.25, 0.3) is 0 Å². The SMILES string of the molecule is CCNC(=NCc1cc(F)ccc1F)NCCCCOCC.I. The Morgan fingerprint density at radius 2 is 1.96 bits per heavy atom. The first-order valence-corrected chi connectivity index (χ1v) is 7.71. The molecule has 23 heavy (non-hydrogen) atoms. The molecule has 7 heteroatoms. The first-order valence-electron chi connectivity index (χ1n) is 7.71. The van der Waals surface area contributed by atoms with Crippen molar-refractivity contribution < 1.29 is 13.5 Å². The molecule has 132 valence electrons. The van der Waals surface area contributed by atoms with Gasteiger partial charge in [-0.15, -0.1) is 24.0 Å². The highest BCUT2D eigenvalue weighted by molar-refractivity contribution is 14.0. The molecule has 0 heterocycles. The summed E-state index contributed by atoms with van der Waals surface area (Å²) >= 11 is 0. The maximum Gasteiger partial charge on any atom is 0.191 e. The zero-order valence-electron chi connectivity index (χ0n) is 13.7. The topological polar surface area (TPSA) is 45.7 Å². The van der Waals surface area contributed by atoms with Gasteiger partial charge in [0.25, 0.3) is 0 Å². The molecule has 0 spiro atoms. The second kappa shape index (κ2) is 13.5. The second-order valence-electron chi connectivity index (χ2n) is 4.76. The molecular formula is C16H26F2IN3O. The number of rotatable bonds is 9. The molecule has 0 radical (unpaired) electrons. The van der Waals surface area contributed by atoms with Gasteiger partial charge in [-0.1, -0.05) is 0 Å². The summed E-state index contributed by atoms with van der Waals surface area (Å²) in [6, 6.07) is 3.39. The first kappa shape index (κ1) is 22.0. The fourth-order valence-electron chi connectivity index (χ4n) is 1.85.